The van der Waals surface area contributed by atoms with Gasteiger partial charge in [-0.3, -0.25) is 19.3 Å². The molecule has 3 N–H and O–H groups in total. The van der Waals surface area contributed by atoms with E-state index in [4.69, 9.17) is 0 Å². The zero-order valence-corrected chi connectivity index (χ0v) is 19.0. The number of benzene rings is 2. The summed E-state index contributed by atoms with van der Waals surface area (Å²) in [4.78, 5) is 28.0. The number of halogens is 3. The van der Waals surface area contributed by atoms with Gasteiger partial charge in [0.1, 0.15) is 5.84 Å². The van der Waals surface area contributed by atoms with Gasteiger partial charge in [0.2, 0.25) is 11.8 Å². The summed E-state index contributed by atoms with van der Waals surface area (Å²) < 4.78 is 65.6. The van der Waals surface area contributed by atoms with Crippen LogP contribution in [0.15, 0.2) is 52.4 Å². The van der Waals surface area contributed by atoms with E-state index >= 15 is 0 Å². The predicted molar refractivity (Wildman–Crippen MR) is 121 cm³/mol. The summed E-state index contributed by atoms with van der Waals surface area (Å²) in [6.45, 7) is 1.55. The van der Waals surface area contributed by atoms with Crippen LogP contribution in [0.1, 0.15) is 43.7 Å². The summed E-state index contributed by atoms with van der Waals surface area (Å²) in [6.07, 6.45) is -2.90. The molecule has 0 bridgehead atoms. The molecule has 0 aromatic heterocycles. The summed E-state index contributed by atoms with van der Waals surface area (Å²) >= 11 is 0. The Bertz CT molecular complexity index is 1230. The molecule has 1 heterocycles. The van der Waals surface area contributed by atoms with Gasteiger partial charge in [0.15, 0.2) is 0 Å². The second kappa shape index (κ2) is 10.2. The number of amides is 2. The van der Waals surface area contributed by atoms with Crippen molar-refractivity contribution in [2.24, 2.45) is 4.99 Å². The molecule has 0 saturated carbocycles. The maximum absolute atomic E-state index is 13.0. The molecule has 0 spiro atoms. The molecular formula is C22H23F3N4O4S. The summed E-state index contributed by atoms with van der Waals surface area (Å²) in [5, 5.41) is 4.82. The van der Waals surface area contributed by atoms with Crippen molar-refractivity contribution < 1.29 is 31.2 Å². The van der Waals surface area contributed by atoms with E-state index in [9.17, 15) is 31.2 Å². The SMILES string of the molecule is CC(=O)Nc1ccc(C(F)(F)F)cc1NC(=O)CCCCCN=C1NS(=O)(=O)c2ccccc21. The third-order valence-corrected chi connectivity index (χ3v) is 6.32. The molecule has 0 unspecified atom stereocenters. The first-order valence-electron chi connectivity index (χ1n) is 10.4. The Hall–Kier alpha value is -3.41. The van der Waals surface area contributed by atoms with E-state index in [0.717, 1.165) is 18.2 Å². The lowest BCUT2D eigenvalue weighted by Gasteiger charge is -2.15. The molecule has 0 aliphatic carbocycles. The van der Waals surface area contributed by atoms with E-state index < -0.39 is 33.6 Å². The molecule has 2 amide bonds. The van der Waals surface area contributed by atoms with Gasteiger partial charge in [-0.2, -0.15) is 13.2 Å². The molecule has 0 saturated heterocycles. The maximum Gasteiger partial charge on any atom is 0.416 e. The average molecular weight is 497 g/mol. The number of aliphatic imine (C=N–C) groups is 1. The average Bonchev–Trinajstić information content (AvgIpc) is 3.01. The zero-order valence-electron chi connectivity index (χ0n) is 18.2. The smallest absolute Gasteiger partial charge is 0.325 e. The number of sulfonamides is 1. The van der Waals surface area contributed by atoms with Gasteiger partial charge >= 0.3 is 6.18 Å². The number of hydrogen-bond donors (Lipinski definition) is 3. The number of amidine groups is 1. The van der Waals surface area contributed by atoms with Gasteiger partial charge in [0.05, 0.1) is 21.8 Å². The number of unbranched alkanes of at least 4 members (excludes halogenated alkanes) is 2. The molecule has 0 radical (unpaired) electrons. The fraction of sp³-hybridized carbons (Fsp3) is 0.318. The van der Waals surface area contributed by atoms with Crippen LogP contribution in [0.25, 0.3) is 0 Å². The van der Waals surface area contributed by atoms with E-state index in [2.05, 4.69) is 20.3 Å². The van der Waals surface area contributed by atoms with E-state index in [1.807, 2.05) is 0 Å². The summed E-state index contributed by atoms with van der Waals surface area (Å²) in [7, 11) is -3.60. The molecule has 0 fully saturated rings. The first-order chi connectivity index (χ1) is 16.0. The largest absolute Gasteiger partial charge is 0.416 e. The summed E-state index contributed by atoms with van der Waals surface area (Å²) in [5.74, 6) is -0.692. The number of rotatable bonds is 8. The lowest BCUT2D eigenvalue weighted by molar-refractivity contribution is -0.137. The number of hydrogen-bond acceptors (Lipinski definition) is 5. The van der Waals surface area contributed by atoms with Crippen LogP contribution in [-0.2, 0) is 25.8 Å². The Morgan fingerprint density at radius 3 is 2.44 bits per heavy atom. The number of nitrogens with one attached hydrogen (secondary N) is 3. The fourth-order valence-corrected chi connectivity index (χ4v) is 4.60. The molecule has 1 aliphatic rings. The topological polar surface area (TPSA) is 117 Å². The molecule has 1 aliphatic heterocycles. The minimum Gasteiger partial charge on any atom is -0.325 e. The van der Waals surface area contributed by atoms with Crippen LogP contribution >= 0.6 is 0 Å². The number of anilines is 2. The molecule has 12 heteroatoms. The maximum atomic E-state index is 13.0. The van der Waals surface area contributed by atoms with Crippen molar-refractivity contribution in [3.05, 3.63) is 53.6 Å². The molecule has 182 valence electrons. The van der Waals surface area contributed by atoms with Crippen molar-refractivity contribution in [1.82, 2.24) is 4.72 Å². The van der Waals surface area contributed by atoms with Crippen molar-refractivity contribution in [1.29, 1.82) is 0 Å². The number of nitrogens with zero attached hydrogens (tertiary/aromatic N) is 1. The Morgan fingerprint density at radius 1 is 1.00 bits per heavy atom. The minimum atomic E-state index is -4.59. The van der Waals surface area contributed by atoms with Gasteiger partial charge < -0.3 is 10.6 Å². The fourth-order valence-electron chi connectivity index (χ4n) is 3.35. The first-order valence-corrected chi connectivity index (χ1v) is 11.9. The van der Waals surface area contributed by atoms with E-state index in [1.165, 1.54) is 13.0 Å². The van der Waals surface area contributed by atoms with Gasteiger partial charge in [0, 0.05) is 25.5 Å². The van der Waals surface area contributed by atoms with Crippen molar-refractivity contribution in [2.45, 2.75) is 43.7 Å². The normalized spacial score (nSPS) is 15.5. The van der Waals surface area contributed by atoms with Crippen molar-refractivity contribution in [3.8, 4) is 0 Å². The van der Waals surface area contributed by atoms with Gasteiger partial charge in [-0.1, -0.05) is 18.6 Å². The van der Waals surface area contributed by atoms with E-state index in [-0.39, 0.29) is 28.5 Å². The Labute approximate surface area is 194 Å². The highest BCUT2D eigenvalue weighted by Crippen LogP contribution is 2.34. The first kappa shape index (κ1) is 25.2. The number of carbonyl (C=O) groups is 2. The molecular weight excluding hydrogens is 473 g/mol. The van der Waals surface area contributed by atoms with Crippen LogP contribution in [0, 0.1) is 0 Å². The van der Waals surface area contributed by atoms with E-state index in [1.54, 1.807) is 18.2 Å². The number of alkyl halides is 3. The second-order valence-corrected chi connectivity index (χ2v) is 9.28. The highest BCUT2D eigenvalue weighted by Gasteiger charge is 2.31. The third kappa shape index (κ3) is 6.34. The molecule has 2 aromatic rings. The molecule has 2 aromatic carbocycles. The highest BCUT2D eigenvalue weighted by molar-refractivity contribution is 7.90. The van der Waals surface area contributed by atoms with Crippen LogP contribution in [0.4, 0.5) is 24.5 Å². The van der Waals surface area contributed by atoms with Crippen LogP contribution in [-0.4, -0.2) is 32.6 Å². The zero-order chi connectivity index (χ0) is 24.9. The quantitative estimate of drug-likeness (QED) is 0.481. The molecule has 0 atom stereocenters. The third-order valence-electron chi connectivity index (χ3n) is 4.93. The lowest BCUT2D eigenvalue weighted by atomic mass is 10.1. The Morgan fingerprint density at radius 2 is 1.74 bits per heavy atom. The van der Waals surface area contributed by atoms with Gasteiger partial charge in [0.25, 0.3) is 10.0 Å². The van der Waals surface area contributed by atoms with Crippen LogP contribution in [0.5, 0.6) is 0 Å². The Balaban J connectivity index is 1.51. The minimum absolute atomic E-state index is 0.0573. The summed E-state index contributed by atoms with van der Waals surface area (Å²) in [6, 6.07) is 9.21. The van der Waals surface area contributed by atoms with Gasteiger partial charge in [-0.25, -0.2) is 8.42 Å². The van der Waals surface area contributed by atoms with E-state index in [0.29, 0.717) is 31.4 Å². The Kier molecular flexibility index (Phi) is 7.60. The van der Waals surface area contributed by atoms with Gasteiger partial charge in [-0.15, -0.1) is 0 Å². The number of fused-ring (bicyclic) bond motifs is 1. The van der Waals surface area contributed by atoms with Crippen LogP contribution < -0.4 is 15.4 Å². The van der Waals surface area contributed by atoms with Crippen molar-refractivity contribution in [3.63, 3.8) is 0 Å². The molecule has 34 heavy (non-hydrogen) atoms. The monoisotopic (exact) mass is 496 g/mol. The number of carbonyl (C=O) groups excluding carboxylic acids is 2. The highest BCUT2D eigenvalue weighted by atomic mass is 32.2. The standard InChI is InChI=1S/C22H23F3N4O4S/c1-14(30)27-17-11-10-15(22(23,24)25)13-18(17)28-20(31)9-3-2-6-12-26-21-16-7-4-5-8-19(16)34(32,33)29-21/h4-5,7-8,10-11,13H,2-3,6,9,12H2,1H3,(H,26,29)(H,27,30)(H,28,31). The summed E-state index contributed by atoms with van der Waals surface area (Å²) in [5.41, 5.74) is -0.490. The van der Waals surface area contributed by atoms with Crippen LogP contribution in [0.2, 0.25) is 0 Å². The van der Waals surface area contributed by atoms with Crippen LogP contribution in [0.3, 0.4) is 0 Å². The second-order valence-electron chi connectivity index (χ2n) is 7.63. The molecule has 3 rings (SSSR count). The van der Waals surface area contributed by atoms with Crippen molar-refractivity contribution in [2.75, 3.05) is 17.2 Å². The lowest BCUT2D eigenvalue weighted by Crippen LogP contribution is -2.22. The van der Waals surface area contributed by atoms with Crippen molar-refractivity contribution >= 4 is 39.0 Å². The predicted octanol–water partition coefficient (Wildman–Crippen LogP) is 3.90. The molecule has 8 nitrogen and oxygen atoms in total. The van der Waals surface area contributed by atoms with Gasteiger partial charge in [-0.05, 0) is 43.2 Å².